The summed E-state index contributed by atoms with van der Waals surface area (Å²) in [6.45, 7) is 1.07. The second kappa shape index (κ2) is 5.95. The smallest absolute Gasteiger partial charge is 0.272 e. The van der Waals surface area contributed by atoms with Crippen LogP contribution in [-0.4, -0.2) is 41.8 Å². The standard InChI is InChI=1S/C11H16N4O2/c1-15(7-3-6-12)11(17)9-5-2-4-8(14-9)10(13)16/h2,4-5H,3,6-7,12H2,1H3,(H2,13,16). The predicted octanol–water partition coefficient (Wildman–Crippen LogP) is -0.399. The molecule has 92 valence electrons. The van der Waals surface area contributed by atoms with Crippen LogP contribution in [0.2, 0.25) is 0 Å². The Hall–Kier alpha value is -1.95. The summed E-state index contributed by atoms with van der Waals surface area (Å²) in [6.07, 6.45) is 0.720. The largest absolute Gasteiger partial charge is 0.364 e. The summed E-state index contributed by atoms with van der Waals surface area (Å²) >= 11 is 0. The zero-order chi connectivity index (χ0) is 12.8. The fourth-order valence-corrected chi connectivity index (χ4v) is 1.32. The average Bonchev–Trinajstić information content (AvgIpc) is 2.35. The molecule has 0 aliphatic heterocycles. The Balaban J connectivity index is 2.81. The normalized spacial score (nSPS) is 10.0. The summed E-state index contributed by atoms with van der Waals surface area (Å²) < 4.78 is 0. The molecule has 0 bridgehead atoms. The van der Waals surface area contributed by atoms with Gasteiger partial charge in [0.1, 0.15) is 11.4 Å². The Morgan fingerprint density at radius 2 is 2.00 bits per heavy atom. The van der Waals surface area contributed by atoms with E-state index in [2.05, 4.69) is 4.98 Å². The van der Waals surface area contributed by atoms with Crippen molar-refractivity contribution in [1.82, 2.24) is 9.88 Å². The van der Waals surface area contributed by atoms with E-state index in [0.717, 1.165) is 6.42 Å². The van der Waals surface area contributed by atoms with Gasteiger partial charge in [-0.2, -0.15) is 0 Å². The summed E-state index contributed by atoms with van der Waals surface area (Å²) in [6, 6.07) is 4.60. The van der Waals surface area contributed by atoms with Gasteiger partial charge >= 0.3 is 0 Å². The van der Waals surface area contributed by atoms with E-state index in [0.29, 0.717) is 13.1 Å². The van der Waals surface area contributed by atoms with E-state index < -0.39 is 5.91 Å². The summed E-state index contributed by atoms with van der Waals surface area (Å²) in [4.78, 5) is 28.2. The van der Waals surface area contributed by atoms with Crippen molar-refractivity contribution >= 4 is 11.8 Å². The van der Waals surface area contributed by atoms with E-state index in [9.17, 15) is 9.59 Å². The number of primary amides is 1. The molecule has 0 spiro atoms. The lowest BCUT2D eigenvalue weighted by atomic mass is 10.2. The first-order valence-corrected chi connectivity index (χ1v) is 5.28. The van der Waals surface area contributed by atoms with Crippen LogP contribution >= 0.6 is 0 Å². The molecule has 6 heteroatoms. The van der Waals surface area contributed by atoms with Crippen LogP contribution in [0.25, 0.3) is 0 Å². The highest BCUT2D eigenvalue weighted by Crippen LogP contribution is 2.03. The minimum atomic E-state index is -0.649. The molecule has 0 aliphatic rings. The fraction of sp³-hybridized carbons (Fsp3) is 0.364. The number of carbonyl (C=O) groups excluding carboxylic acids is 2. The van der Waals surface area contributed by atoms with E-state index in [1.165, 1.54) is 11.0 Å². The molecule has 1 aromatic rings. The molecule has 1 aromatic heterocycles. The molecule has 0 fully saturated rings. The van der Waals surface area contributed by atoms with Gasteiger partial charge in [-0.3, -0.25) is 9.59 Å². The highest BCUT2D eigenvalue weighted by atomic mass is 16.2. The number of aromatic nitrogens is 1. The average molecular weight is 236 g/mol. The molecule has 0 aromatic carbocycles. The second-order valence-electron chi connectivity index (χ2n) is 3.64. The van der Waals surface area contributed by atoms with Crippen molar-refractivity contribution in [2.24, 2.45) is 11.5 Å². The van der Waals surface area contributed by atoms with Crippen LogP contribution in [0.1, 0.15) is 27.4 Å². The van der Waals surface area contributed by atoms with Crippen molar-refractivity contribution in [3.63, 3.8) is 0 Å². The first-order valence-electron chi connectivity index (χ1n) is 5.28. The van der Waals surface area contributed by atoms with Crippen molar-refractivity contribution < 1.29 is 9.59 Å². The minimum absolute atomic E-state index is 0.0862. The lowest BCUT2D eigenvalue weighted by molar-refractivity contribution is 0.0788. The molecule has 6 nitrogen and oxygen atoms in total. The number of carbonyl (C=O) groups is 2. The van der Waals surface area contributed by atoms with Crippen LogP contribution in [0.4, 0.5) is 0 Å². The van der Waals surface area contributed by atoms with Crippen LogP contribution in [0.15, 0.2) is 18.2 Å². The molecular weight excluding hydrogens is 220 g/mol. The number of amides is 2. The first-order chi connectivity index (χ1) is 8.06. The van der Waals surface area contributed by atoms with Gasteiger partial charge in [0.2, 0.25) is 0 Å². The topological polar surface area (TPSA) is 102 Å². The zero-order valence-corrected chi connectivity index (χ0v) is 9.72. The third-order valence-electron chi connectivity index (χ3n) is 2.27. The van der Waals surface area contributed by atoms with Crippen LogP contribution < -0.4 is 11.5 Å². The van der Waals surface area contributed by atoms with Gasteiger partial charge < -0.3 is 16.4 Å². The number of rotatable bonds is 5. The summed E-state index contributed by atoms with van der Waals surface area (Å²) in [5.41, 5.74) is 10.8. The van der Waals surface area contributed by atoms with Crippen molar-refractivity contribution in [3.05, 3.63) is 29.6 Å². The highest BCUT2D eigenvalue weighted by molar-refractivity contribution is 5.95. The SMILES string of the molecule is CN(CCCN)C(=O)c1cccc(C(N)=O)n1. The number of hydrogen-bond acceptors (Lipinski definition) is 4. The van der Waals surface area contributed by atoms with Gasteiger partial charge in [0.05, 0.1) is 0 Å². The number of pyridine rings is 1. The number of nitrogens with two attached hydrogens (primary N) is 2. The van der Waals surface area contributed by atoms with Crippen LogP contribution in [0, 0.1) is 0 Å². The molecule has 0 unspecified atom stereocenters. The van der Waals surface area contributed by atoms with Crippen molar-refractivity contribution in [3.8, 4) is 0 Å². The molecule has 1 rings (SSSR count). The van der Waals surface area contributed by atoms with Gasteiger partial charge in [0, 0.05) is 13.6 Å². The van der Waals surface area contributed by atoms with Crippen LogP contribution in [0.5, 0.6) is 0 Å². The molecule has 0 radical (unpaired) electrons. The van der Waals surface area contributed by atoms with Gasteiger partial charge in [-0.25, -0.2) is 4.98 Å². The molecule has 0 atom stereocenters. The van der Waals surface area contributed by atoms with E-state index >= 15 is 0 Å². The van der Waals surface area contributed by atoms with Gasteiger partial charge in [-0.05, 0) is 25.1 Å². The van der Waals surface area contributed by atoms with E-state index in [-0.39, 0.29) is 17.3 Å². The third-order valence-corrected chi connectivity index (χ3v) is 2.27. The van der Waals surface area contributed by atoms with Crippen molar-refractivity contribution in [2.75, 3.05) is 20.1 Å². The van der Waals surface area contributed by atoms with Crippen molar-refractivity contribution in [1.29, 1.82) is 0 Å². The lowest BCUT2D eigenvalue weighted by Crippen LogP contribution is -2.30. The zero-order valence-electron chi connectivity index (χ0n) is 9.72. The van der Waals surface area contributed by atoms with E-state index in [4.69, 9.17) is 11.5 Å². The Morgan fingerprint density at radius 1 is 1.35 bits per heavy atom. The van der Waals surface area contributed by atoms with Gasteiger partial charge in [-0.1, -0.05) is 6.07 Å². The molecule has 1 heterocycles. The predicted molar refractivity (Wildman–Crippen MR) is 63.4 cm³/mol. The van der Waals surface area contributed by atoms with Gasteiger partial charge in [0.15, 0.2) is 0 Å². The molecule has 0 saturated heterocycles. The fourth-order valence-electron chi connectivity index (χ4n) is 1.32. The maximum Gasteiger partial charge on any atom is 0.272 e. The molecule has 4 N–H and O–H groups in total. The van der Waals surface area contributed by atoms with E-state index in [1.54, 1.807) is 19.2 Å². The van der Waals surface area contributed by atoms with Gasteiger partial charge in [0.25, 0.3) is 11.8 Å². The van der Waals surface area contributed by atoms with Gasteiger partial charge in [-0.15, -0.1) is 0 Å². The Morgan fingerprint density at radius 3 is 2.59 bits per heavy atom. The summed E-state index contributed by atoms with van der Waals surface area (Å²) in [7, 11) is 1.66. The minimum Gasteiger partial charge on any atom is -0.364 e. The maximum atomic E-state index is 11.9. The Labute approximate surface area is 99.6 Å². The maximum absolute atomic E-state index is 11.9. The summed E-state index contributed by atoms with van der Waals surface area (Å²) in [5.74, 6) is -0.897. The lowest BCUT2D eigenvalue weighted by Gasteiger charge is -2.16. The van der Waals surface area contributed by atoms with Crippen LogP contribution in [0.3, 0.4) is 0 Å². The highest BCUT2D eigenvalue weighted by Gasteiger charge is 2.14. The molecule has 0 aliphatic carbocycles. The molecule has 17 heavy (non-hydrogen) atoms. The Kier molecular flexibility index (Phi) is 4.59. The molecule has 0 saturated carbocycles. The third kappa shape index (κ3) is 3.53. The van der Waals surface area contributed by atoms with Crippen LogP contribution in [-0.2, 0) is 0 Å². The Bertz CT molecular complexity index is 420. The first kappa shape index (κ1) is 13.1. The number of hydrogen-bond donors (Lipinski definition) is 2. The molecular formula is C11H16N4O2. The summed E-state index contributed by atoms with van der Waals surface area (Å²) in [5, 5.41) is 0. The second-order valence-corrected chi connectivity index (χ2v) is 3.64. The number of nitrogens with zero attached hydrogens (tertiary/aromatic N) is 2. The van der Waals surface area contributed by atoms with E-state index in [1.807, 2.05) is 0 Å². The van der Waals surface area contributed by atoms with Crippen molar-refractivity contribution in [2.45, 2.75) is 6.42 Å². The quantitative estimate of drug-likeness (QED) is 0.726. The molecule has 2 amide bonds. The monoisotopic (exact) mass is 236 g/mol.